The van der Waals surface area contributed by atoms with Crippen LogP contribution in [0.2, 0.25) is 0 Å². The minimum atomic E-state index is -2.20. The second kappa shape index (κ2) is 7.42. The van der Waals surface area contributed by atoms with Crippen LogP contribution in [0.5, 0.6) is 0 Å². The Labute approximate surface area is 170 Å². The molecule has 0 fully saturated rings. The molecule has 6 nitrogen and oxygen atoms in total. The number of hydrogen-bond donors (Lipinski definition) is 1. The van der Waals surface area contributed by atoms with E-state index in [9.17, 15) is 18.7 Å². The van der Waals surface area contributed by atoms with Gasteiger partial charge in [-0.2, -0.15) is 0 Å². The van der Waals surface area contributed by atoms with Crippen molar-refractivity contribution in [1.82, 2.24) is 9.55 Å². The zero-order valence-electron chi connectivity index (χ0n) is 16.0. The molecule has 1 unspecified atom stereocenters. The van der Waals surface area contributed by atoms with E-state index >= 15 is 0 Å². The molecule has 29 heavy (non-hydrogen) atoms. The van der Waals surface area contributed by atoms with Gasteiger partial charge in [0.1, 0.15) is 6.54 Å². The lowest BCUT2D eigenvalue weighted by Crippen LogP contribution is -2.10. The van der Waals surface area contributed by atoms with Crippen molar-refractivity contribution in [2.45, 2.75) is 26.1 Å². The molecule has 1 N–H and O–H groups in total. The van der Waals surface area contributed by atoms with Crippen LogP contribution in [0.3, 0.4) is 0 Å². The molecule has 0 radical (unpaired) electrons. The first kappa shape index (κ1) is 19.3. The number of aromatic nitrogens is 2. The standard InChI is InChI=1S/C22H20N2O4S/c1-13-4-3-5-17-16(8-9-23-22(13)17)21-14(2)24(11-20(25)26)19-7-6-15(10-18(19)21)12-29(27)28/h3-10H,11-12H2,1-2H3,(H,25,26)(H,27,28)/p-1. The van der Waals surface area contributed by atoms with E-state index in [1.807, 2.05) is 44.2 Å². The number of rotatable bonds is 5. The molecule has 0 spiro atoms. The van der Waals surface area contributed by atoms with E-state index in [1.54, 1.807) is 22.9 Å². The minimum Gasteiger partial charge on any atom is -0.772 e. The number of hydrogen-bond acceptors (Lipinski definition) is 4. The molecule has 0 aliphatic carbocycles. The van der Waals surface area contributed by atoms with Crippen LogP contribution in [0.1, 0.15) is 16.8 Å². The lowest BCUT2D eigenvalue weighted by Gasteiger charge is -2.10. The van der Waals surface area contributed by atoms with Crippen molar-refractivity contribution in [1.29, 1.82) is 0 Å². The van der Waals surface area contributed by atoms with Crippen molar-refractivity contribution in [2.75, 3.05) is 0 Å². The Morgan fingerprint density at radius 1 is 1.17 bits per heavy atom. The van der Waals surface area contributed by atoms with E-state index in [0.29, 0.717) is 5.56 Å². The maximum atomic E-state index is 11.5. The van der Waals surface area contributed by atoms with Gasteiger partial charge in [-0.05, 0) is 48.7 Å². The fourth-order valence-corrected chi connectivity index (χ4v) is 4.43. The van der Waals surface area contributed by atoms with Crippen molar-refractivity contribution in [3.63, 3.8) is 0 Å². The van der Waals surface area contributed by atoms with Crippen LogP contribution < -0.4 is 0 Å². The van der Waals surface area contributed by atoms with Gasteiger partial charge in [-0.1, -0.05) is 35.3 Å². The average molecular weight is 407 g/mol. The van der Waals surface area contributed by atoms with Gasteiger partial charge < -0.3 is 14.2 Å². The van der Waals surface area contributed by atoms with Gasteiger partial charge in [-0.25, -0.2) is 0 Å². The van der Waals surface area contributed by atoms with E-state index in [-0.39, 0.29) is 12.3 Å². The van der Waals surface area contributed by atoms with Gasteiger partial charge in [0.05, 0.1) is 5.52 Å². The quantitative estimate of drug-likeness (QED) is 0.506. The van der Waals surface area contributed by atoms with Crippen molar-refractivity contribution in [2.24, 2.45) is 0 Å². The summed E-state index contributed by atoms with van der Waals surface area (Å²) in [5, 5.41) is 11.2. The second-order valence-corrected chi connectivity index (χ2v) is 7.97. The lowest BCUT2D eigenvalue weighted by atomic mass is 9.97. The summed E-state index contributed by atoms with van der Waals surface area (Å²) in [4.78, 5) is 16.0. The van der Waals surface area contributed by atoms with Gasteiger partial charge in [0, 0.05) is 39.5 Å². The Bertz CT molecular complexity index is 1290. The summed E-state index contributed by atoms with van der Waals surface area (Å²) < 4.78 is 24.2. The zero-order valence-corrected chi connectivity index (χ0v) is 16.8. The molecule has 0 saturated carbocycles. The number of aliphatic carboxylic acids is 1. The number of pyridine rings is 1. The van der Waals surface area contributed by atoms with Gasteiger partial charge in [-0.3, -0.25) is 14.0 Å². The summed E-state index contributed by atoms with van der Waals surface area (Å²) in [7, 11) is 0. The lowest BCUT2D eigenvalue weighted by molar-refractivity contribution is -0.137. The molecule has 4 aromatic rings. The zero-order chi connectivity index (χ0) is 20.7. The monoisotopic (exact) mass is 407 g/mol. The maximum Gasteiger partial charge on any atom is 0.323 e. The highest BCUT2D eigenvalue weighted by atomic mass is 32.2. The summed E-state index contributed by atoms with van der Waals surface area (Å²) >= 11 is -2.20. The number of nitrogens with zero attached hydrogens (tertiary/aromatic N) is 2. The van der Waals surface area contributed by atoms with Crippen LogP contribution >= 0.6 is 0 Å². The topological polar surface area (TPSA) is 95.2 Å². The van der Waals surface area contributed by atoms with Gasteiger partial charge in [0.2, 0.25) is 0 Å². The highest BCUT2D eigenvalue weighted by Crippen LogP contribution is 2.38. The van der Waals surface area contributed by atoms with E-state index < -0.39 is 17.0 Å². The van der Waals surface area contributed by atoms with Crippen molar-refractivity contribution >= 4 is 38.9 Å². The van der Waals surface area contributed by atoms with Gasteiger partial charge in [0.15, 0.2) is 0 Å². The summed E-state index contributed by atoms with van der Waals surface area (Å²) in [5.41, 5.74) is 6.03. The predicted octanol–water partition coefficient (Wildman–Crippen LogP) is 3.94. The normalized spacial score (nSPS) is 12.5. The molecule has 2 aromatic heterocycles. The Morgan fingerprint density at radius 2 is 1.97 bits per heavy atom. The summed E-state index contributed by atoms with van der Waals surface area (Å²) in [6.45, 7) is 3.73. The number of aryl methyl sites for hydroxylation is 1. The molecule has 4 rings (SSSR count). The Balaban J connectivity index is 2.08. The number of fused-ring (bicyclic) bond motifs is 2. The molecule has 0 amide bonds. The predicted molar refractivity (Wildman–Crippen MR) is 112 cm³/mol. The Kier molecular flexibility index (Phi) is 4.94. The van der Waals surface area contributed by atoms with Crippen LogP contribution in [0, 0.1) is 13.8 Å². The first-order chi connectivity index (χ1) is 13.9. The Morgan fingerprint density at radius 3 is 2.69 bits per heavy atom. The first-order valence-electron chi connectivity index (χ1n) is 9.11. The van der Waals surface area contributed by atoms with E-state index in [2.05, 4.69) is 4.98 Å². The van der Waals surface area contributed by atoms with E-state index in [4.69, 9.17) is 0 Å². The Hall–Kier alpha value is -3.03. The van der Waals surface area contributed by atoms with Crippen LogP contribution in [-0.2, 0) is 28.2 Å². The number of benzene rings is 2. The number of carboxylic acids is 1. The molecule has 2 aromatic carbocycles. The van der Waals surface area contributed by atoms with E-state index in [0.717, 1.165) is 44.2 Å². The fraction of sp³-hybridized carbons (Fsp3) is 0.182. The van der Waals surface area contributed by atoms with Crippen LogP contribution in [0.15, 0.2) is 48.7 Å². The SMILES string of the molecule is Cc1cccc2c(-c3c(C)n(CC(=O)O)c4ccc(CS(=O)[O-])cc34)ccnc12. The van der Waals surface area contributed by atoms with E-state index in [1.165, 1.54) is 0 Å². The first-order valence-corrected chi connectivity index (χ1v) is 10.4. The smallest absolute Gasteiger partial charge is 0.323 e. The molecule has 7 heteroatoms. The van der Waals surface area contributed by atoms with Crippen molar-refractivity contribution in [3.05, 3.63) is 65.5 Å². The maximum absolute atomic E-state index is 11.5. The summed E-state index contributed by atoms with van der Waals surface area (Å²) in [6.07, 6.45) is 1.75. The molecule has 2 heterocycles. The van der Waals surface area contributed by atoms with Crippen molar-refractivity contribution in [3.8, 4) is 11.1 Å². The highest BCUT2D eigenvalue weighted by molar-refractivity contribution is 7.78. The molecule has 148 valence electrons. The molecule has 1 atom stereocenters. The number of carboxylic acid groups (broad SMARTS) is 1. The van der Waals surface area contributed by atoms with Crippen molar-refractivity contribution < 1.29 is 18.7 Å². The summed E-state index contributed by atoms with van der Waals surface area (Å²) in [6, 6.07) is 13.3. The number of carbonyl (C=O) groups is 1. The third kappa shape index (κ3) is 3.43. The fourth-order valence-electron chi connectivity index (χ4n) is 3.98. The third-order valence-corrected chi connectivity index (χ3v) is 5.78. The molecule has 0 aliphatic rings. The highest BCUT2D eigenvalue weighted by Gasteiger charge is 2.19. The van der Waals surface area contributed by atoms with Gasteiger partial charge in [-0.15, -0.1) is 0 Å². The molecular formula is C22H19N2O4S-. The van der Waals surface area contributed by atoms with Crippen LogP contribution in [0.4, 0.5) is 0 Å². The molecule has 0 aliphatic heterocycles. The molecule has 0 saturated heterocycles. The minimum absolute atomic E-state index is 0.0886. The van der Waals surface area contributed by atoms with Gasteiger partial charge in [0.25, 0.3) is 0 Å². The van der Waals surface area contributed by atoms with Crippen LogP contribution in [0.25, 0.3) is 32.9 Å². The summed E-state index contributed by atoms with van der Waals surface area (Å²) in [5.74, 6) is -1.02. The van der Waals surface area contributed by atoms with Gasteiger partial charge >= 0.3 is 5.97 Å². The second-order valence-electron chi connectivity index (χ2n) is 7.07. The average Bonchev–Trinajstić information content (AvgIpc) is 2.92. The molecule has 0 bridgehead atoms. The number of para-hydroxylation sites is 1. The van der Waals surface area contributed by atoms with Crippen LogP contribution in [-0.4, -0.2) is 29.4 Å². The third-order valence-electron chi connectivity index (χ3n) is 5.21. The molecular weight excluding hydrogens is 388 g/mol. The largest absolute Gasteiger partial charge is 0.772 e.